The number of carbonyl (C=O) groups excluding carboxylic acids is 1. The van der Waals surface area contributed by atoms with Gasteiger partial charge in [-0.3, -0.25) is 4.79 Å². The van der Waals surface area contributed by atoms with Crippen molar-refractivity contribution >= 4 is 22.6 Å². The Morgan fingerprint density at radius 2 is 1.88 bits per heavy atom. The van der Waals surface area contributed by atoms with Gasteiger partial charge >= 0.3 is 0 Å². The van der Waals surface area contributed by atoms with Crippen LogP contribution in [-0.4, -0.2) is 11.1 Å². The number of hydrogen-bond donors (Lipinski definition) is 1. The standard InChI is InChI=1S/C21H18N2O3/c1-13-7-8-14(2)17(9-13)22-21(24)12-16-11-20(26-23-16)19-10-15-5-3-4-6-18(15)25-19/h3-11H,12H2,1-2H3,(H,22,24). The number of para-hydroxylation sites is 1. The molecule has 0 unspecified atom stereocenters. The SMILES string of the molecule is Cc1ccc(C)c(NC(=O)Cc2cc(-c3cc4ccccc4o3)on2)c1. The van der Waals surface area contributed by atoms with Crippen LogP contribution in [0.5, 0.6) is 0 Å². The molecular weight excluding hydrogens is 328 g/mol. The molecule has 4 rings (SSSR count). The third-order valence-corrected chi connectivity index (χ3v) is 4.24. The quantitative estimate of drug-likeness (QED) is 0.571. The summed E-state index contributed by atoms with van der Waals surface area (Å²) in [4.78, 5) is 12.3. The van der Waals surface area contributed by atoms with Gasteiger partial charge in [-0.25, -0.2) is 0 Å². The minimum absolute atomic E-state index is 0.136. The minimum Gasteiger partial charge on any atom is -0.453 e. The lowest BCUT2D eigenvalue weighted by Crippen LogP contribution is -2.15. The fourth-order valence-corrected chi connectivity index (χ4v) is 2.84. The molecule has 1 N–H and O–H groups in total. The predicted molar refractivity (Wildman–Crippen MR) is 100.0 cm³/mol. The summed E-state index contributed by atoms with van der Waals surface area (Å²) in [6, 6.07) is 17.3. The molecule has 1 amide bonds. The molecule has 5 nitrogen and oxygen atoms in total. The van der Waals surface area contributed by atoms with Crippen molar-refractivity contribution in [2.45, 2.75) is 20.3 Å². The van der Waals surface area contributed by atoms with E-state index in [0.29, 0.717) is 17.2 Å². The highest BCUT2D eigenvalue weighted by Gasteiger charge is 2.14. The number of furan rings is 1. The molecule has 0 aliphatic carbocycles. The first kappa shape index (κ1) is 16.1. The van der Waals surface area contributed by atoms with Crippen LogP contribution in [0.3, 0.4) is 0 Å². The molecule has 0 atom stereocenters. The zero-order chi connectivity index (χ0) is 18.1. The Hall–Kier alpha value is -3.34. The summed E-state index contributed by atoms with van der Waals surface area (Å²) in [5, 5.41) is 7.91. The van der Waals surface area contributed by atoms with Crippen LogP contribution in [0.1, 0.15) is 16.8 Å². The molecule has 0 fully saturated rings. The van der Waals surface area contributed by atoms with Gasteiger partial charge in [0.05, 0.1) is 12.1 Å². The van der Waals surface area contributed by atoms with Crippen LogP contribution in [0, 0.1) is 13.8 Å². The molecule has 0 aliphatic heterocycles. The van der Waals surface area contributed by atoms with Crippen LogP contribution in [-0.2, 0) is 11.2 Å². The Morgan fingerprint density at radius 3 is 2.73 bits per heavy atom. The second kappa shape index (κ2) is 6.52. The summed E-state index contributed by atoms with van der Waals surface area (Å²) in [5.41, 5.74) is 4.28. The van der Waals surface area contributed by atoms with Crippen LogP contribution in [0.2, 0.25) is 0 Å². The number of hydrogen-bond acceptors (Lipinski definition) is 4. The predicted octanol–water partition coefficient (Wildman–Crippen LogP) is 4.89. The summed E-state index contributed by atoms with van der Waals surface area (Å²) < 4.78 is 11.1. The summed E-state index contributed by atoms with van der Waals surface area (Å²) in [6.45, 7) is 3.96. The van der Waals surface area contributed by atoms with Crippen molar-refractivity contribution in [3.63, 3.8) is 0 Å². The first-order chi connectivity index (χ1) is 12.6. The zero-order valence-corrected chi connectivity index (χ0v) is 14.6. The molecule has 0 aliphatic rings. The van der Waals surface area contributed by atoms with Crippen molar-refractivity contribution in [3.8, 4) is 11.5 Å². The first-order valence-electron chi connectivity index (χ1n) is 8.40. The fraction of sp³-hybridized carbons (Fsp3) is 0.143. The maximum atomic E-state index is 12.3. The van der Waals surface area contributed by atoms with Crippen molar-refractivity contribution in [3.05, 3.63) is 71.4 Å². The molecular formula is C21H18N2O3. The van der Waals surface area contributed by atoms with Gasteiger partial charge in [0.2, 0.25) is 11.7 Å². The van der Waals surface area contributed by atoms with E-state index < -0.39 is 0 Å². The number of amides is 1. The number of aryl methyl sites for hydroxylation is 2. The summed E-state index contributed by atoms with van der Waals surface area (Å²) in [7, 11) is 0. The topological polar surface area (TPSA) is 68.3 Å². The van der Waals surface area contributed by atoms with E-state index in [9.17, 15) is 4.79 Å². The number of nitrogens with zero attached hydrogens (tertiary/aromatic N) is 1. The summed E-state index contributed by atoms with van der Waals surface area (Å²) in [6.07, 6.45) is 0.136. The van der Waals surface area contributed by atoms with E-state index in [4.69, 9.17) is 8.94 Å². The third-order valence-electron chi connectivity index (χ3n) is 4.24. The molecule has 0 saturated carbocycles. The lowest BCUT2D eigenvalue weighted by Gasteiger charge is -2.08. The number of fused-ring (bicyclic) bond motifs is 1. The molecule has 0 spiro atoms. The van der Waals surface area contributed by atoms with Gasteiger partial charge in [0.25, 0.3) is 0 Å². The van der Waals surface area contributed by atoms with E-state index in [-0.39, 0.29) is 12.3 Å². The van der Waals surface area contributed by atoms with Gasteiger partial charge in [-0.2, -0.15) is 0 Å². The molecule has 2 aromatic carbocycles. The number of carbonyl (C=O) groups is 1. The zero-order valence-electron chi connectivity index (χ0n) is 14.6. The van der Waals surface area contributed by atoms with Crippen molar-refractivity contribution in [1.29, 1.82) is 0 Å². The smallest absolute Gasteiger partial charge is 0.230 e. The van der Waals surface area contributed by atoms with Crippen LogP contribution in [0.15, 0.2) is 63.5 Å². The molecule has 2 aromatic heterocycles. The van der Waals surface area contributed by atoms with Crippen LogP contribution in [0.4, 0.5) is 5.69 Å². The van der Waals surface area contributed by atoms with Gasteiger partial charge < -0.3 is 14.3 Å². The van der Waals surface area contributed by atoms with Gasteiger partial charge in [-0.05, 0) is 43.2 Å². The maximum Gasteiger partial charge on any atom is 0.230 e. The monoisotopic (exact) mass is 346 g/mol. The van der Waals surface area contributed by atoms with Gasteiger partial charge in [0.15, 0.2) is 5.76 Å². The van der Waals surface area contributed by atoms with Crippen molar-refractivity contribution < 1.29 is 13.7 Å². The van der Waals surface area contributed by atoms with Crippen molar-refractivity contribution in [2.75, 3.05) is 5.32 Å². The first-order valence-corrected chi connectivity index (χ1v) is 8.40. The minimum atomic E-state index is -0.136. The number of aromatic nitrogens is 1. The summed E-state index contributed by atoms with van der Waals surface area (Å²) in [5.74, 6) is 0.971. The highest BCUT2D eigenvalue weighted by molar-refractivity contribution is 5.93. The van der Waals surface area contributed by atoms with Crippen molar-refractivity contribution in [1.82, 2.24) is 5.16 Å². The Bertz CT molecular complexity index is 1060. The van der Waals surface area contributed by atoms with Crippen LogP contribution >= 0.6 is 0 Å². The Kier molecular flexibility index (Phi) is 4.05. The van der Waals surface area contributed by atoms with E-state index in [1.54, 1.807) is 6.07 Å². The van der Waals surface area contributed by atoms with Gasteiger partial charge in [-0.1, -0.05) is 35.5 Å². The van der Waals surface area contributed by atoms with Crippen LogP contribution < -0.4 is 5.32 Å². The van der Waals surface area contributed by atoms with Gasteiger partial charge in [0.1, 0.15) is 5.58 Å². The highest BCUT2D eigenvalue weighted by Crippen LogP contribution is 2.28. The van der Waals surface area contributed by atoms with E-state index in [1.807, 2.05) is 62.4 Å². The normalized spacial score (nSPS) is 11.0. The van der Waals surface area contributed by atoms with E-state index in [0.717, 1.165) is 27.8 Å². The fourth-order valence-electron chi connectivity index (χ4n) is 2.84. The molecule has 4 aromatic rings. The maximum absolute atomic E-state index is 12.3. The highest BCUT2D eigenvalue weighted by atomic mass is 16.5. The van der Waals surface area contributed by atoms with Crippen LogP contribution in [0.25, 0.3) is 22.5 Å². The summed E-state index contributed by atoms with van der Waals surface area (Å²) >= 11 is 0. The largest absolute Gasteiger partial charge is 0.453 e. The Balaban J connectivity index is 1.49. The lowest BCUT2D eigenvalue weighted by molar-refractivity contribution is -0.115. The molecule has 26 heavy (non-hydrogen) atoms. The second-order valence-corrected chi connectivity index (χ2v) is 6.37. The average Bonchev–Trinajstić information content (AvgIpc) is 3.24. The Morgan fingerprint density at radius 1 is 1.04 bits per heavy atom. The van der Waals surface area contributed by atoms with E-state index >= 15 is 0 Å². The molecule has 0 bridgehead atoms. The number of nitrogens with one attached hydrogen (secondary N) is 1. The average molecular weight is 346 g/mol. The number of anilines is 1. The second-order valence-electron chi connectivity index (χ2n) is 6.37. The number of benzene rings is 2. The molecule has 5 heteroatoms. The van der Waals surface area contributed by atoms with Gasteiger partial charge in [0, 0.05) is 17.1 Å². The number of rotatable bonds is 4. The van der Waals surface area contributed by atoms with E-state index in [1.165, 1.54) is 0 Å². The lowest BCUT2D eigenvalue weighted by atomic mass is 10.1. The molecule has 0 saturated heterocycles. The van der Waals surface area contributed by atoms with Crippen molar-refractivity contribution in [2.24, 2.45) is 0 Å². The molecule has 2 heterocycles. The Labute approximate surface area is 150 Å². The third kappa shape index (κ3) is 3.24. The molecule has 0 radical (unpaired) electrons. The van der Waals surface area contributed by atoms with E-state index in [2.05, 4.69) is 10.5 Å². The van der Waals surface area contributed by atoms with Gasteiger partial charge in [-0.15, -0.1) is 0 Å². The molecule has 130 valence electrons.